The maximum absolute atomic E-state index is 13.7. The zero-order valence-electron chi connectivity index (χ0n) is 20.2. The summed E-state index contributed by atoms with van der Waals surface area (Å²) >= 11 is 0. The lowest BCUT2D eigenvalue weighted by molar-refractivity contribution is -0.160. The fourth-order valence-corrected chi connectivity index (χ4v) is 5.09. The van der Waals surface area contributed by atoms with Gasteiger partial charge in [0.15, 0.2) is 11.6 Å². The van der Waals surface area contributed by atoms with Crippen LogP contribution >= 0.6 is 0 Å². The van der Waals surface area contributed by atoms with Crippen LogP contribution in [0.4, 0.5) is 0 Å². The molecule has 0 bridgehead atoms. The van der Waals surface area contributed by atoms with Crippen LogP contribution in [0.15, 0.2) is 59.6 Å². The summed E-state index contributed by atoms with van der Waals surface area (Å²) in [6.45, 7) is 2.45. The first-order valence-corrected chi connectivity index (χ1v) is 12.2. The van der Waals surface area contributed by atoms with E-state index in [1.54, 1.807) is 17.0 Å². The fraction of sp³-hybridized carbons (Fsp3) is 0.444. The lowest BCUT2D eigenvalue weighted by Gasteiger charge is -2.41. The molecule has 8 nitrogen and oxygen atoms in total. The van der Waals surface area contributed by atoms with Crippen molar-refractivity contribution in [3.8, 4) is 0 Å². The molecule has 35 heavy (non-hydrogen) atoms. The average molecular weight is 479 g/mol. The Labute approximate surface area is 206 Å². The van der Waals surface area contributed by atoms with Crippen molar-refractivity contribution in [1.82, 2.24) is 9.80 Å². The molecule has 2 aromatic carbocycles. The summed E-state index contributed by atoms with van der Waals surface area (Å²) in [5, 5.41) is 11.8. The third kappa shape index (κ3) is 5.32. The summed E-state index contributed by atoms with van der Waals surface area (Å²) in [5.41, 5.74) is 6.85. The SMILES string of the molecule is COC(=O)c1ccc(CN=C(N)N2CCN(C(=O)C(O)(c3ccccc3)C3CCCC3)CC2)cc1. The van der Waals surface area contributed by atoms with Gasteiger partial charge in [-0.25, -0.2) is 9.79 Å². The van der Waals surface area contributed by atoms with E-state index < -0.39 is 5.60 Å². The van der Waals surface area contributed by atoms with E-state index in [1.165, 1.54) is 7.11 Å². The number of hydrogen-bond donors (Lipinski definition) is 2. The molecule has 0 radical (unpaired) electrons. The predicted molar refractivity (Wildman–Crippen MR) is 134 cm³/mol. The summed E-state index contributed by atoms with van der Waals surface area (Å²) in [4.78, 5) is 33.4. The van der Waals surface area contributed by atoms with Crippen molar-refractivity contribution in [2.75, 3.05) is 33.3 Å². The number of nitrogens with two attached hydrogens (primary N) is 1. The van der Waals surface area contributed by atoms with E-state index >= 15 is 0 Å². The third-order valence-corrected chi connectivity index (χ3v) is 7.18. The first-order chi connectivity index (χ1) is 16.9. The molecule has 0 aromatic heterocycles. The number of carbonyl (C=O) groups excluding carboxylic acids is 2. The monoisotopic (exact) mass is 478 g/mol. The molecule has 3 N–H and O–H groups in total. The summed E-state index contributed by atoms with van der Waals surface area (Å²) in [6, 6.07) is 16.4. The van der Waals surface area contributed by atoms with Gasteiger partial charge >= 0.3 is 5.97 Å². The second-order valence-electron chi connectivity index (χ2n) is 9.26. The highest BCUT2D eigenvalue weighted by atomic mass is 16.5. The van der Waals surface area contributed by atoms with Gasteiger partial charge in [-0.1, -0.05) is 55.3 Å². The predicted octanol–water partition coefficient (Wildman–Crippen LogP) is 2.51. The largest absolute Gasteiger partial charge is 0.465 e. The minimum Gasteiger partial charge on any atom is -0.465 e. The number of carbonyl (C=O) groups is 2. The molecular formula is C27H34N4O4. The van der Waals surface area contributed by atoms with Crippen LogP contribution in [-0.4, -0.2) is 66.0 Å². The highest BCUT2D eigenvalue weighted by molar-refractivity contribution is 5.89. The standard InChI is InChI=1S/C27H34N4O4/c1-35-24(32)21-13-11-20(12-14-21)19-29-26(28)31-17-15-30(16-18-31)25(33)27(34,23-9-5-6-10-23)22-7-3-2-4-8-22/h2-4,7-8,11-14,23,34H,5-6,9-10,15-19H2,1H3,(H2,28,29). The first-order valence-electron chi connectivity index (χ1n) is 12.2. The van der Waals surface area contributed by atoms with Gasteiger partial charge in [0.05, 0.1) is 19.2 Å². The molecule has 1 amide bonds. The van der Waals surface area contributed by atoms with E-state index in [1.807, 2.05) is 47.4 Å². The molecule has 1 saturated carbocycles. The number of guanidine groups is 1. The van der Waals surface area contributed by atoms with Gasteiger partial charge in [-0.2, -0.15) is 0 Å². The Morgan fingerprint density at radius 1 is 1.00 bits per heavy atom. The quantitative estimate of drug-likeness (QED) is 0.375. The molecule has 1 saturated heterocycles. The smallest absolute Gasteiger partial charge is 0.337 e. The number of rotatable bonds is 6. The molecule has 1 heterocycles. The summed E-state index contributed by atoms with van der Waals surface area (Å²) in [5.74, 6) is -0.230. The van der Waals surface area contributed by atoms with Gasteiger partial charge in [0.1, 0.15) is 0 Å². The maximum atomic E-state index is 13.7. The minimum atomic E-state index is -1.49. The van der Waals surface area contributed by atoms with Crippen LogP contribution in [-0.2, 0) is 21.7 Å². The minimum absolute atomic E-state index is 0.0624. The second-order valence-corrected chi connectivity index (χ2v) is 9.26. The van der Waals surface area contributed by atoms with Crippen LogP contribution in [0, 0.1) is 5.92 Å². The Kier molecular flexibility index (Phi) is 7.70. The molecule has 186 valence electrons. The molecule has 8 heteroatoms. The Morgan fingerprint density at radius 3 is 2.20 bits per heavy atom. The number of aliphatic hydroxyl groups is 1. The average Bonchev–Trinajstić information content (AvgIpc) is 3.47. The van der Waals surface area contributed by atoms with Crippen molar-refractivity contribution in [2.24, 2.45) is 16.6 Å². The van der Waals surface area contributed by atoms with Gasteiger partial charge < -0.3 is 25.4 Å². The van der Waals surface area contributed by atoms with Crippen LogP contribution in [0.1, 0.15) is 47.2 Å². The number of methoxy groups -OCH3 is 1. The molecule has 1 aliphatic carbocycles. The van der Waals surface area contributed by atoms with E-state index in [2.05, 4.69) is 4.99 Å². The van der Waals surface area contributed by atoms with Crippen molar-refractivity contribution in [2.45, 2.75) is 37.8 Å². The van der Waals surface area contributed by atoms with Crippen LogP contribution < -0.4 is 5.73 Å². The summed E-state index contributed by atoms with van der Waals surface area (Å²) in [7, 11) is 1.35. The van der Waals surface area contributed by atoms with Crippen LogP contribution in [0.2, 0.25) is 0 Å². The Bertz CT molecular complexity index is 1040. The van der Waals surface area contributed by atoms with Crippen LogP contribution in [0.3, 0.4) is 0 Å². The van der Waals surface area contributed by atoms with Crippen molar-refractivity contribution in [3.63, 3.8) is 0 Å². The summed E-state index contributed by atoms with van der Waals surface area (Å²) < 4.78 is 4.72. The van der Waals surface area contributed by atoms with Crippen LogP contribution in [0.5, 0.6) is 0 Å². The fourth-order valence-electron chi connectivity index (χ4n) is 5.09. The van der Waals surface area contributed by atoms with E-state index in [9.17, 15) is 14.7 Å². The van der Waals surface area contributed by atoms with Gasteiger partial charge in [0.25, 0.3) is 5.91 Å². The zero-order valence-corrected chi connectivity index (χ0v) is 20.2. The van der Waals surface area contributed by atoms with Gasteiger partial charge in [0.2, 0.25) is 0 Å². The molecule has 4 rings (SSSR count). The molecule has 0 spiro atoms. The zero-order chi connectivity index (χ0) is 24.8. The summed E-state index contributed by atoms with van der Waals surface area (Å²) in [6.07, 6.45) is 3.80. The molecule has 1 aliphatic heterocycles. The number of amides is 1. The number of aliphatic imine (C=N–C) groups is 1. The van der Waals surface area contributed by atoms with E-state index in [-0.39, 0.29) is 17.8 Å². The molecule has 2 aliphatic rings. The highest BCUT2D eigenvalue weighted by Crippen LogP contribution is 2.42. The number of piperazine rings is 1. The van der Waals surface area contributed by atoms with Gasteiger partial charge in [-0.15, -0.1) is 0 Å². The molecular weight excluding hydrogens is 444 g/mol. The van der Waals surface area contributed by atoms with Crippen LogP contribution in [0.25, 0.3) is 0 Å². The first kappa shape index (κ1) is 24.7. The van der Waals surface area contributed by atoms with Crippen molar-refractivity contribution < 1.29 is 19.4 Å². The Morgan fingerprint density at radius 2 is 1.60 bits per heavy atom. The second kappa shape index (κ2) is 10.9. The normalized spacial score (nSPS) is 18.9. The number of benzene rings is 2. The number of esters is 1. The maximum Gasteiger partial charge on any atom is 0.337 e. The molecule has 1 unspecified atom stereocenters. The topological polar surface area (TPSA) is 108 Å². The van der Waals surface area contributed by atoms with Crippen molar-refractivity contribution in [1.29, 1.82) is 0 Å². The van der Waals surface area contributed by atoms with Gasteiger partial charge in [-0.3, -0.25) is 4.79 Å². The highest BCUT2D eigenvalue weighted by Gasteiger charge is 2.48. The van der Waals surface area contributed by atoms with E-state index in [0.29, 0.717) is 49.8 Å². The Hall–Kier alpha value is -3.39. The van der Waals surface area contributed by atoms with Gasteiger partial charge in [-0.05, 0) is 36.1 Å². The third-order valence-electron chi connectivity index (χ3n) is 7.18. The van der Waals surface area contributed by atoms with Gasteiger partial charge in [0, 0.05) is 32.1 Å². The van der Waals surface area contributed by atoms with E-state index in [0.717, 1.165) is 31.2 Å². The Balaban J connectivity index is 1.38. The molecule has 2 aromatic rings. The lowest BCUT2D eigenvalue weighted by atomic mass is 9.79. The number of hydrogen-bond acceptors (Lipinski definition) is 5. The van der Waals surface area contributed by atoms with Crippen molar-refractivity contribution in [3.05, 3.63) is 71.3 Å². The molecule has 1 atom stereocenters. The van der Waals surface area contributed by atoms with E-state index in [4.69, 9.17) is 10.5 Å². The lowest BCUT2D eigenvalue weighted by Crippen LogP contribution is -2.58. The number of ether oxygens (including phenoxy) is 1. The number of nitrogens with zero attached hydrogens (tertiary/aromatic N) is 3. The van der Waals surface area contributed by atoms with Crippen molar-refractivity contribution >= 4 is 17.8 Å². The molecule has 2 fully saturated rings.